The minimum absolute atomic E-state index is 0.0978. The third kappa shape index (κ3) is 5.87. The minimum atomic E-state index is -0.0978. The Labute approximate surface area is 117 Å². The van der Waals surface area contributed by atoms with Crippen LogP contribution in [-0.4, -0.2) is 11.6 Å². The van der Waals surface area contributed by atoms with Gasteiger partial charge in [0.15, 0.2) is 0 Å². The Kier molecular flexibility index (Phi) is 7.04. The summed E-state index contributed by atoms with van der Waals surface area (Å²) in [6.45, 7) is 6.42. The molecule has 3 nitrogen and oxygen atoms in total. The molecule has 98 valence electrons. The normalized spacial score (nSPS) is 12.3. The number of rotatable bonds is 2. The number of thiophene rings is 1. The number of hydrogen-bond acceptors (Lipinski definition) is 3. The van der Waals surface area contributed by atoms with Gasteiger partial charge in [-0.15, -0.1) is 11.3 Å². The molecule has 0 atom stereocenters. The second kappa shape index (κ2) is 8.93. The largest absolute Gasteiger partial charge is 0.281 e. The number of hydrazone groups is 1. The van der Waals surface area contributed by atoms with Gasteiger partial charge in [-0.2, -0.15) is 5.10 Å². The minimum Gasteiger partial charge on any atom is -0.266 e. The second-order valence-electron chi connectivity index (χ2n) is 3.78. The molecule has 1 saturated carbocycles. The van der Waals surface area contributed by atoms with Crippen LogP contribution in [0.15, 0.2) is 53.0 Å². The van der Waals surface area contributed by atoms with Crippen molar-refractivity contribution in [2.45, 2.75) is 25.7 Å². The maximum Gasteiger partial charge on any atom is 0.281 e. The SMILES string of the molecule is C=C=C=C=C.O=C(NN=C1CCCC1)c1cccs1. The standard InChI is InChI=1S/C10H12N2OS.C5H4/c13-10(9-6-3-7-14-9)12-11-8-4-1-2-5-8;1-3-5-4-2/h3,6-7H,1-2,4-5H2,(H,12,13);1-2H2. The monoisotopic (exact) mass is 272 g/mol. The lowest BCUT2D eigenvalue weighted by atomic mass is 10.3. The molecule has 1 N–H and O–H groups in total. The van der Waals surface area contributed by atoms with Gasteiger partial charge < -0.3 is 0 Å². The highest BCUT2D eigenvalue weighted by atomic mass is 32.1. The molecule has 19 heavy (non-hydrogen) atoms. The summed E-state index contributed by atoms with van der Waals surface area (Å²) < 4.78 is 0. The van der Waals surface area contributed by atoms with E-state index >= 15 is 0 Å². The number of carbonyl (C=O) groups is 1. The Morgan fingerprint density at radius 1 is 1.32 bits per heavy atom. The first-order chi connectivity index (χ1) is 9.27. The lowest BCUT2D eigenvalue weighted by Gasteiger charge is -1.97. The van der Waals surface area contributed by atoms with Crippen molar-refractivity contribution in [1.82, 2.24) is 5.43 Å². The van der Waals surface area contributed by atoms with Gasteiger partial charge >= 0.3 is 0 Å². The Morgan fingerprint density at radius 3 is 2.47 bits per heavy atom. The molecule has 1 fully saturated rings. The van der Waals surface area contributed by atoms with E-state index in [0.29, 0.717) is 4.88 Å². The van der Waals surface area contributed by atoms with E-state index < -0.39 is 0 Å². The van der Waals surface area contributed by atoms with Crippen LogP contribution < -0.4 is 5.43 Å². The fourth-order valence-electron chi connectivity index (χ4n) is 1.55. The number of nitrogens with zero attached hydrogens (tertiary/aromatic N) is 1. The van der Waals surface area contributed by atoms with Crippen LogP contribution in [0.2, 0.25) is 0 Å². The van der Waals surface area contributed by atoms with Crippen LogP contribution in [0.5, 0.6) is 0 Å². The molecule has 0 aromatic carbocycles. The molecule has 0 radical (unpaired) electrons. The number of nitrogens with one attached hydrogen (secondary N) is 1. The average Bonchev–Trinajstić information content (AvgIpc) is 3.11. The first-order valence-corrected chi connectivity index (χ1v) is 6.84. The van der Waals surface area contributed by atoms with Crippen LogP contribution in [0.3, 0.4) is 0 Å². The molecule has 1 aromatic rings. The van der Waals surface area contributed by atoms with Crippen LogP contribution >= 0.6 is 11.3 Å². The predicted octanol–water partition coefficient (Wildman–Crippen LogP) is 3.68. The van der Waals surface area contributed by atoms with Crippen LogP contribution in [0.4, 0.5) is 0 Å². The van der Waals surface area contributed by atoms with Crippen molar-refractivity contribution in [2.75, 3.05) is 0 Å². The lowest BCUT2D eigenvalue weighted by molar-refractivity contribution is 0.0958. The smallest absolute Gasteiger partial charge is 0.266 e. The fourth-order valence-corrected chi connectivity index (χ4v) is 2.16. The first-order valence-electron chi connectivity index (χ1n) is 5.96. The van der Waals surface area contributed by atoms with E-state index in [-0.39, 0.29) is 5.91 Å². The van der Waals surface area contributed by atoms with E-state index in [2.05, 4.69) is 40.9 Å². The van der Waals surface area contributed by atoms with Gasteiger partial charge in [0.05, 0.1) is 4.88 Å². The second-order valence-corrected chi connectivity index (χ2v) is 4.73. The lowest BCUT2D eigenvalue weighted by Crippen LogP contribution is -2.17. The summed E-state index contributed by atoms with van der Waals surface area (Å²) in [5.41, 5.74) is 10.8. The summed E-state index contributed by atoms with van der Waals surface area (Å²) in [4.78, 5) is 12.2. The molecule has 1 heterocycles. The first kappa shape index (κ1) is 15.0. The molecule has 0 saturated heterocycles. The molecule has 2 rings (SSSR count). The third-order valence-electron chi connectivity index (χ3n) is 2.42. The Balaban J connectivity index is 0.000000312. The summed E-state index contributed by atoms with van der Waals surface area (Å²) in [7, 11) is 0. The van der Waals surface area contributed by atoms with Crippen molar-refractivity contribution < 1.29 is 4.79 Å². The van der Waals surface area contributed by atoms with E-state index in [1.165, 1.54) is 24.2 Å². The number of amides is 1. The van der Waals surface area contributed by atoms with Gasteiger partial charge in [-0.3, -0.25) is 4.79 Å². The molecule has 0 bridgehead atoms. The van der Waals surface area contributed by atoms with Crippen molar-refractivity contribution in [3.8, 4) is 0 Å². The summed E-state index contributed by atoms with van der Waals surface area (Å²) in [5.74, 6) is -0.0978. The Hall–Kier alpha value is -2.08. The maximum atomic E-state index is 11.5. The molecule has 1 aromatic heterocycles. The van der Waals surface area contributed by atoms with E-state index in [4.69, 9.17) is 0 Å². The zero-order valence-electron chi connectivity index (χ0n) is 10.7. The van der Waals surface area contributed by atoms with Gasteiger partial charge in [0.2, 0.25) is 0 Å². The molecule has 1 amide bonds. The molecule has 0 aliphatic heterocycles. The highest BCUT2D eigenvalue weighted by Crippen LogP contribution is 2.14. The molecule has 4 heteroatoms. The van der Waals surface area contributed by atoms with Crippen molar-refractivity contribution in [3.05, 3.63) is 52.7 Å². The molecule has 1 aliphatic rings. The Bertz CT molecular complexity index is 521. The zero-order valence-corrected chi connectivity index (χ0v) is 11.6. The fraction of sp³-hybridized carbons (Fsp3) is 0.267. The maximum absolute atomic E-state index is 11.5. The number of hydrogen-bond donors (Lipinski definition) is 1. The van der Waals surface area contributed by atoms with Crippen LogP contribution in [-0.2, 0) is 0 Å². The van der Waals surface area contributed by atoms with Gasteiger partial charge in [-0.25, -0.2) is 5.43 Å². The molecule has 0 spiro atoms. The van der Waals surface area contributed by atoms with Gasteiger partial charge in [0.25, 0.3) is 5.91 Å². The molecule has 1 aliphatic carbocycles. The highest BCUT2D eigenvalue weighted by molar-refractivity contribution is 7.12. The van der Waals surface area contributed by atoms with Gasteiger partial charge in [0, 0.05) is 5.71 Å². The van der Waals surface area contributed by atoms with E-state index in [1.54, 1.807) is 6.07 Å². The summed E-state index contributed by atoms with van der Waals surface area (Å²) in [6, 6.07) is 3.66. The van der Waals surface area contributed by atoms with Crippen molar-refractivity contribution in [1.29, 1.82) is 0 Å². The van der Waals surface area contributed by atoms with Gasteiger partial charge in [-0.1, -0.05) is 17.5 Å². The summed E-state index contributed by atoms with van der Waals surface area (Å²) >= 11 is 1.43. The van der Waals surface area contributed by atoms with Gasteiger partial charge in [-0.05, 0) is 56.0 Å². The van der Waals surface area contributed by atoms with Crippen molar-refractivity contribution >= 4 is 23.0 Å². The van der Waals surface area contributed by atoms with Crippen molar-refractivity contribution in [2.24, 2.45) is 5.10 Å². The quantitative estimate of drug-likeness (QED) is 0.647. The van der Waals surface area contributed by atoms with Crippen LogP contribution in [0.1, 0.15) is 35.4 Å². The topological polar surface area (TPSA) is 41.5 Å². The number of carbonyl (C=O) groups excluding carboxylic acids is 1. The molecule has 0 unspecified atom stereocenters. The van der Waals surface area contributed by atoms with Crippen LogP contribution in [0, 0.1) is 0 Å². The summed E-state index contributed by atoms with van der Waals surface area (Å²) in [6.07, 6.45) is 4.47. The molecular formula is C15H16N2OS. The predicted molar refractivity (Wildman–Crippen MR) is 79.5 cm³/mol. The van der Waals surface area contributed by atoms with E-state index in [0.717, 1.165) is 18.6 Å². The van der Waals surface area contributed by atoms with E-state index in [9.17, 15) is 4.79 Å². The zero-order chi connectivity index (χ0) is 13.9. The van der Waals surface area contributed by atoms with Gasteiger partial charge in [0.1, 0.15) is 0 Å². The third-order valence-corrected chi connectivity index (χ3v) is 3.29. The molecular weight excluding hydrogens is 256 g/mol. The van der Waals surface area contributed by atoms with Crippen LogP contribution in [0.25, 0.3) is 0 Å². The Morgan fingerprint density at radius 2 is 2.00 bits per heavy atom. The average molecular weight is 272 g/mol. The van der Waals surface area contributed by atoms with Crippen molar-refractivity contribution in [3.63, 3.8) is 0 Å². The highest BCUT2D eigenvalue weighted by Gasteiger charge is 2.09. The summed E-state index contributed by atoms with van der Waals surface area (Å²) in [5, 5.41) is 5.99. The van der Waals surface area contributed by atoms with E-state index in [1.807, 2.05) is 11.4 Å².